The number of aromatic nitrogens is 2. The van der Waals surface area contributed by atoms with Gasteiger partial charge in [0.2, 0.25) is 0 Å². The first-order chi connectivity index (χ1) is 14.4. The average Bonchev–Trinajstić information content (AvgIpc) is 2.66. The van der Waals surface area contributed by atoms with Crippen LogP contribution in [0.25, 0.3) is 0 Å². The summed E-state index contributed by atoms with van der Waals surface area (Å²) in [5.74, 6) is 0.0278. The molecule has 9 nitrogen and oxygen atoms in total. The summed E-state index contributed by atoms with van der Waals surface area (Å²) in [5.41, 5.74) is -1.30. The highest BCUT2D eigenvalue weighted by Gasteiger charge is 2.32. The number of amidine groups is 1. The van der Waals surface area contributed by atoms with Crippen molar-refractivity contribution in [1.82, 2.24) is 15.3 Å². The van der Waals surface area contributed by atoms with Gasteiger partial charge in [-0.3, -0.25) is 15.3 Å². The summed E-state index contributed by atoms with van der Waals surface area (Å²) in [5, 5.41) is 22.1. The Morgan fingerprint density at radius 3 is 2.58 bits per heavy atom. The fraction of sp³-hybridized carbons (Fsp3) is 0.278. The van der Waals surface area contributed by atoms with Crippen molar-refractivity contribution in [2.24, 2.45) is 0 Å². The number of ether oxygens (including phenoxy) is 1. The molecule has 0 radical (unpaired) electrons. The number of anilines is 2. The van der Waals surface area contributed by atoms with Crippen molar-refractivity contribution in [3.63, 3.8) is 0 Å². The van der Waals surface area contributed by atoms with E-state index in [2.05, 4.69) is 20.6 Å². The lowest BCUT2D eigenvalue weighted by molar-refractivity contribution is -0.137. The molecule has 0 spiro atoms. The summed E-state index contributed by atoms with van der Waals surface area (Å²) in [6.45, 7) is 3.68. The monoisotopic (exact) mass is 456 g/mol. The van der Waals surface area contributed by atoms with Gasteiger partial charge < -0.3 is 20.5 Å². The van der Waals surface area contributed by atoms with Crippen LogP contribution in [-0.4, -0.2) is 45.3 Å². The lowest BCUT2D eigenvalue weighted by Gasteiger charge is -2.20. The highest BCUT2D eigenvalue weighted by molar-refractivity contribution is 7.80. The fourth-order valence-corrected chi connectivity index (χ4v) is 2.47. The predicted molar refractivity (Wildman–Crippen MR) is 112 cm³/mol. The number of thiocarbonyl (C=S) groups is 1. The second kappa shape index (κ2) is 9.55. The van der Waals surface area contributed by atoms with E-state index in [4.69, 9.17) is 27.5 Å². The first-order valence-corrected chi connectivity index (χ1v) is 9.12. The molecule has 2 aromatic rings. The molecule has 2 rings (SSSR count). The molecule has 0 fully saturated rings. The Hall–Kier alpha value is -3.48. The number of halogens is 3. The topological polar surface area (TPSA) is 123 Å². The molecule has 0 saturated heterocycles. The van der Waals surface area contributed by atoms with Gasteiger partial charge in [0.05, 0.1) is 17.4 Å². The molecular weight excluding hydrogens is 437 g/mol. The number of rotatable bonds is 5. The van der Waals surface area contributed by atoms with E-state index >= 15 is 0 Å². The third-order valence-corrected chi connectivity index (χ3v) is 3.88. The smallest absolute Gasteiger partial charge is 0.417 e. The number of alkyl halides is 3. The van der Waals surface area contributed by atoms with Crippen molar-refractivity contribution >= 4 is 40.8 Å². The third kappa shape index (κ3) is 6.50. The number of hydrogen-bond donors (Lipinski definition) is 4. The Bertz CT molecular complexity index is 1000. The molecule has 2 aromatic heterocycles. The maximum absolute atomic E-state index is 13.0. The molecule has 0 saturated carbocycles. The summed E-state index contributed by atoms with van der Waals surface area (Å²) in [4.78, 5) is 19.5. The normalized spacial score (nSPS) is 11.1. The molecular formula is C18H19F3N6O3S. The Kier molecular flexibility index (Phi) is 7.33. The summed E-state index contributed by atoms with van der Waals surface area (Å²) in [7, 11) is 1.06. The zero-order valence-electron chi connectivity index (χ0n) is 16.6. The number of nitrogens with one attached hydrogen (secondary N) is 3. The van der Waals surface area contributed by atoms with Crippen molar-refractivity contribution in [3.05, 3.63) is 41.9 Å². The summed E-state index contributed by atoms with van der Waals surface area (Å²) >= 11 is 5.08. The van der Waals surface area contributed by atoms with Gasteiger partial charge in [0.15, 0.2) is 16.8 Å². The Balaban J connectivity index is 2.21. The minimum atomic E-state index is -4.71. The molecule has 0 atom stereocenters. The molecule has 4 N–H and O–H groups in total. The van der Waals surface area contributed by atoms with Crippen molar-refractivity contribution in [3.8, 4) is 5.75 Å². The third-order valence-electron chi connectivity index (χ3n) is 3.67. The van der Waals surface area contributed by atoms with Gasteiger partial charge in [-0.15, -0.1) is 0 Å². The van der Waals surface area contributed by atoms with Crippen LogP contribution < -0.4 is 20.3 Å². The van der Waals surface area contributed by atoms with Crippen LogP contribution in [0.5, 0.6) is 5.75 Å². The van der Waals surface area contributed by atoms with Crippen LogP contribution in [0.4, 0.5) is 29.5 Å². The van der Waals surface area contributed by atoms with Crippen molar-refractivity contribution in [2.75, 3.05) is 17.3 Å². The van der Waals surface area contributed by atoms with E-state index in [1.165, 1.54) is 12.3 Å². The number of pyridine rings is 2. The standard InChI is InChI=1S/C18H19F3N6O3S/c1-9(2)30-11-4-5-23-12(7-11)14(22)25-16(31)26-15-13(27(3)17(28)29)6-10(8-24-15)18(19,20)21/h4-9H,1-3H3,(H,28,29)(H3,22,24,25,26,31). The molecule has 0 bridgehead atoms. The SMILES string of the molecule is CC(C)Oc1ccnc(C(=N)NC(=S)Nc2ncc(C(F)(F)F)cc2N(C)C(=O)O)c1. The number of carboxylic acid groups (broad SMARTS) is 1. The minimum absolute atomic E-state index is 0.0875. The largest absolute Gasteiger partial charge is 0.491 e. The van der Waals surface area contributed by atoms with Gasteiger partial charge in [-0.1, -0.05) is 0 Å². The predicted octanol–water partition coefficient (Wildman–Crippen LogP) is 3.71. The van der Waals surface area contributed by atoms with Crippen LogP contribution in [0.3, 0.4) is 0 Å². The van der Waals surface area contributed by atoms with E-state index in [1.54, 1.807) is 6.07 Å². The maximum Gasteiger partial charge on any atom is 0.417 e. The first-order valence-electron chi connectivity index (χ1n) is 8.72. The molecule has 0 aliphatic heterocycles. The molecule has 0 unspecified atom stereocenters. The molecule has 31 heavy (non-hydrogen) atoms. The van der Waals surface area contributed by atoms with Gasteiger partial charge in [-0.25, -0.2) is 9.78 Å². The lowest BCUT2D eigenvalue weighted by Crippen LogP contribution is -2.36. The van der Waals surface area contributed by atoms with Crippen LogP contribution in [0, 0.1) is 5.41 Å². The number of amides is 1. The van der Waals surface area contributed by atoms with Crippen LogP contribution >= 0.6 is 12.2 Å². The summed E-state index contributed by atoms with van der Waals surface area (Å²) in [6, 6.07) is 3.76. The second-order valence-corrected chi connectivity index (χ2v) is 6.84. The van der Waals surface area contributed by atoms with E-state index in [-0.39, 0.29) is 34.3 Å². The van der Waals surface area contributed by atoms with Crippen LogP contribution in [0.2, 0.25) is 0 Å². The molecule has 1 amide bonds. The van der Waals surface area contributed by atoms with Crippen molar-refractivity contribution in [1.29, 1.82) is 5.41 Å². The number of carbonyl (C=O) groups is 1. The van der Waals surface area contributed by atoms with Crippen LogP contribution in [-0.2, 0) is 6.18 Å². The zero-order chi connectivity index (χ0) is 23.3. The Morgan fingerprint density at radius 1 is 1.32 bits per heavy atom. The van der Waals surface area contributed by atoms with E-state index < -0.39 is 17.8 Å². The minimum Gasteiger partial charge on any atom is -0.491 e. The first kappa shape index (κ1) is 23.8. The van der Waals surface area contributed by atoms with Gasteiger partial charge in [0, 0.05) is 25.5 Å². The van der Waals surface area contributed by atoms with E-state index in [0.29, 0.717) is 22.9 Å². The molecule has 0 aromatic carbocycles. The van der Waals surface area contributed by atoms with Gasteiger partial charge in [-0.05, 0) is 38.2 Å². The van der Waals surface area contributed by atoms with E-state index in [9.17, 15) is 18.0 Å². The zero-order valence-corrected chi connectivity index (χ0v) is 17.4. The van der Waals surface area contributed by atoms with Gasteiger partial charge in [-0.2, -0.15) is 13.2 Å². The number of nitrogens with zero attached hydrogens (tertiary/aromatic N) is 3. The van der Waals surface area contributed by atoms with Gasteiger partial charge in [0.25, 0.3) is 0 Å². The van der Waals surface area contributed by atoms with Gasteiger partial charge in [0.1, 0.15) is 11.4 Å². The molecule has 166 valence electrons. The average molecular weight is 456 g/mol. The fourth-order valence-electron chi connectivity index (χ4n) is 2.27. The quantitative estimate of drug-likeness (QED) is 0.305. The van der Waals surface area contributed by atoms with Crippen LogP contribution in [0.1, 0.15) is 25.1 Å². The highest BCUT2D eigenvalue weighted by Crippen LogP contribution is 2.34. The van der Waals surface area contributed by atoms with Crippen molar-refractivity contribution in [2.45, 2.75) is 26.1 Å². The Labute approximate surface area is 180 Å². The van der Waals surface area contributed by atoms with Crippen molar-refractivity contribution < 1.29 is 27.8 Å². The lowest BCUT2D eigenvalue weighted by atomic mass is 10.2. The molecule has 13 heteroatoms. The van der Waals surface area contributed by atoms with Crippen LogP contribution in [0.15, 0.2) is 30.6 Å². The summed E-state index contributed by atoms with van der Waals surface area (Å²) in [6.07, 6.45) is -4.31. The number of hydrogen-bond acceptors (Lipinski definition) is 6. The summed E-state index contributed by atoms with van der Waals surface area (Å²) < 4.78 is 44.5. The maximum atomic E-state index is 13.0. The van der Waals surface area contributed by atoms with E-state index in [1.807, 2.05) is 13.8 Å². The second-order valence-electron chi connectivity index (χ2n) is 6.43. The molecule has 0 aliphatic carbocycles. The molecule has 0 aliphatic rings. The molecule has 2 heterocycles. The van der Waals surface area contributed by atoms with E-state index in [0.717, 1.165) is 7.05 Å². The van der Waals surface area contributed by atoms with Gasteiger partial charge >= 0.3 is 12.3 Å². The highest BCUT2D eigenvalue weighted by atomic mass is 32.1. The Morgan fingerprint density at radius 2 is 2.00 bits per heavy atom.